The van der Waals surface area contributed by atoms with Crippen molar-refractivity contribution >= 4 is 38.3 Å². The highest BCUT2D eigenvalue weighted by Gasteiger charge is 2.37. The van der Waals surface area contributed by atoms with Gasteiger partial charge >= 0.3 is 0 Å². The third kappa shape index (κ3) is 6.50. The number of allylic oxidation sites excluding steroid dienone is 1. The standard InChI is InChI=1S/C59H47N3/c1-59(2)52-25-14-24-48(57(52)51-37-44-18-9-10-19-45(44)38-53(51)59)40-28-30-41(31-29-40)54(61-58(60)42-16-5-3-6-17-42)33-27-39-15-13-20-43(35-39)46-32-34-56-50(36-46)49-23-11-12-26-55(49)62(56)47-21-7-4-8-22-47/h3-26,28-38,58,61H,27,60H2,1-2H3/b54-33-. The Labute approximate surface area is 363 Å². The van der Waals surface area contributed by atoms with Crippen LogP contribution in [-0.4, -0.2) is 4.57 Å². The van der Waals surface area contributed by atoms with E-state index in [0.29, 0.717) is 0 Å². The summed E-state index contributed by atoms with van der Waals surface area (Å²) in [6.45, 7) is 4.72. The van der Waals surface area contributed by atoms with Gasteiger partial charge in [-0.15, -0.1) is 0 Å². The highest BCUT2D eigenvalue weighted by atomic mass is 15.0. The Morgan fingerprint density at radius 1 is 0.548 bits per heavy atom. The smallest absolute Gasteiger partial charge is 0.101 e. The Bertz CT molecular complexity index is 3320. The second-order valence-electron chi connectivity index (χ2n) is 17.2. The largest absolute Gasteiger partial charge is 0.366 e. The fourth-order valence-corrected chi connectivity index (χ4v) is 9.82. The molecule has 3 heteroatoms. The molecule has 11 rings (SSSR count). The van der Waals surface area contributed by atoms with Crippen molar-refractivity contribution < 1.29 is 0 Å². The van der Waals surface area contributed by atoms with E-state index in [1.165, 1.54) is 88.3 Å². The molecule has 0 saturated carbocycles. The Hall–Kier alpha value is -7.46. The molecule has 0 radical (unpaired) electrons. The Balaban J connectivity index is 0.936. The molecule has 1 aliphatic carbocycles. The van der Waals surface area contributed by atoms with Crippen molar-refractivity contribution in [3.8, 4) is 39.1 Å². The van der Waals surface area contributed by atoms with Gasteiger partial charge in [0.1, 0.15) is 6.17 Å². The van der Waals surface area contributed by atoms with Gasteiger partial charge in [0.25, 0.3) is 0 Å². The minimum absolute atomic E-state index is 0.0924. The highest BCUT2D eigenvalue weighted by Crippen LogP contribution is 2.53. The fourth-order valence-electron chi connectivity index (χ4n) is 9.82. The summed E-state index contributed by atoms with van der Waals surface area (Å²) < 4.78 is 2.37. The highest BCUT2D eigenvalue weighted by molar-refractivity contribution is 6.10. The summed E-state index contributed by atoms with van der Waals surface area (Å²) in [5.74, 6) is 0. The van der Waals surface area contributed by atoms with Gasteiger partial charge in [-0.05, 0) is 121 Å². The maximum Gasteiger partial charge on any atom is 0.101 e. The summed E-state index contributed by atoms with van der Waals surface area (Å²) in [5, 5.41) is 8.76. The van der Waals surface area contributed by atoms with Crippen molar-refractivity contribution in [1.82, 2.24) is 9.88 Å². The molecular formula is C59H47N3. The van der Waals surface area contributed by atoms with E-state index in [1.54, 1.807) is 0 Å². The summed E-state index contributed by atoms with van der Waals surface area (Å²) in [5.41, 5.74) is 25.0. The van der Waals surface area contributed by atoms with E-state index in [9.17, 15) is 0 Å². The number of nitrogens with zero attached hydrogens (tertiary/aromatic N) is 1. The predicted molar refractivity (Wildman–Crippen MR) is 261 cm³/mol. The molecule has 1 heterocycles. The zero-order valence-corrected chi connectivity index (χ0v) is 35.0. The van der Waals surface area contributed by atoms with Gasteiger partial charge in [0.2, 0.25) is 0 Å². The van der Waals surface area contributed by atoms with E-state index >= 15 is 0 Å². The molecule has 3 nitrogen and oxygen atoms in total. The average molecular weight is 798 g/mol. The van der Waals surface area contributed by atoms with Crippen LogP contribution >= 0.6 is 0 Å². The summed E-state index contributed by atoms with van der Waals surface area (Å²) in [4.78, 5) is 0. The molecule has 1 aliphatic rings. The molecule has 1 aromatic heterocycles. The van der Waals surface area contributed by atoms with Gasteiger partial charge in [-0.1, -0.05) is 184 Å². The van der Waals surface area contributed by atoms with E-state index in [2.05, 4.69) is 218 Å². The summed E-state index contributed by atoms with van der Waals surface area (Å²) in [6.07, 6.45) is 2.66. The molecule has 298 valence electrons. The maximum atomic E-state index is 6.86. The van der Waals surface area contributed by atoms with Crippen molar-refractivity contribution in [3.05, 3.63) is 240 Å². The minimum Gasteiger partial charge on any atom is -0.366 e. The number of fused-ring (bicyclic) bond motifs is 7. The van der Waals surface area contributed by atoms with E-state index < -0.39 is 0 Å². The van der Waals surface area contributed by atoms with Crippen molar-refractivity contribution in [3.63, 3.8) is 0 Å². The lowest BCUT2D eigenvalue weighted by molar-refractivity contribution is 0.661. The molecule has 0 bridgehead atoms. The van der Waals surface area contributed by atoms with Crippen LogP contribution in [0.15, 0.2) is 212 Å². The van der Waals surface area contributed by atoms with Crippen LogP contribution in [0.1, 0.15) is 47.8 Å². The predicted octanol–water partition coefficient (Wildman–Crippen LogP) is 14.4. The zero-order chi connectivity index (χ0) is 41.8. The van der Waals surface area contributed by atoms with Crippen LogP contribution in [0.5, 0.6) is 0 Å². The van der Waals surface area contributed by atoms with Crippen LogP contribution < -0.4 is 11.1 Å². The third-order valence-electron chi connectivity index (χ3n) is 13.0. The lowest BCUT2D eigenvalue weighted by Gasteiger charge is -2.22. The number of aromatic nitrogens is 1. The van der Waals surface area contributed by atoms with Crippen LogP contribution in [-0.2, 0) is 11.8 Å². The molecule has 1 atom stereocenters. The number of rotatable bonds is 9. The minimum atomic E-state index is -0.371. The molecule has 62 heavy (non-hydrogen) atoms. The van der Waals surface area contributed by atoms with Crippen LogP contribution in [0.3, 0.4) is 0 Å². The van der Waals surface area contributed by atoms with Gasteiger partial charge in [-0.3, -0.25) is 0 Å². The molecule has 9 aromatic carbocycles. The molecule has 1 unspecified atom stereocenters. The SMILES string of the molecule is CC1(C)c2cc3ccccc3cc2-c2c(-c3ccc(/C(=C/Cc4cccc(-c5ccc6c(c5)c5ccccc5n6-c5ccccc5)c4)NC(N)c4ccccc4)cc3)cccc21. The fraction of sp³-hybridized carbons (Fsp3) is 0.0847. The number of benzene rings is 9. The number of hydrogen-bond donors (Lipinski definition) is 2. The van der Waals surface area contributed by atoms with Crippen molar-refractivity contribution in [2.24, 2.45) is 5.73 Å². The lowest BCUT2D eigenvalue weighted by Crippen LogP contribution is -2.27. The van der Waals surface area contributed by atoms with E-state index in [4.69, 9.17) is 5.73 Å². The van der Waals surface area contributed by atoms with Crippen LogP contribution in [0.25, 0.3) is 77.3 Å². The number of nitrogens with one attached hydrogen (secondary N) is 1. The van der Waals surface area contributed by atoms with E-state index in [0.717, 1.165) is 23.2 Å². The molecule has 0 fully saturated rings. The molecule has 0 saturated heterocycles. The quantitative estimate of drug-likeness (QED) is 0.143. The molecule has 10 aromatic rings. The van der Waals surface area contributed by atoms with Crippen molar-refractivity contribution in [1.29, 1.82) is 0 Å². The van der Waals surface area contributed by atoms with Gasteiger partial charge in [0, 0.05) is 27.6 Å². The summed E-state index contributed by atoms with van der Waals surface area (Å²) >= 11 is 0. The first-order valence-electron chi connectivity index (χ1n) is 21.6. The number of para-hydroxylation sites is 2. The van der Waals surface area contributed by atoms with Crippen LogP contribution in [0.4, 0.5) is 0 Å². The van der Waals surface area contributed by atoms with Gasteiger partial charge in [-0.2, -0.15) is 0 Å². The third-order valence-corrected chi connectivity index (χ3v) is 13.0. The number of nitrogens with two attached hydrogens (primary N) is 1. The first kappa shape index (κ1) is 37.5. The molecule has 0 aliphatic heterocycles. The number of hydrogen-bond acceptors (Lipinski definition) is 2. The zero-order valence-electron chi connectivity index (χ0n) is 35.0. The van der Waals surface area contributed by atoms with Crippen molar-refractivity contribution in [2.75, 3.05) is 0 Å². The topological polar surface area (TPSA) is 43.0 Å². The van der Waals surface area contributed by atoms with Gasteiger partial charge in [-0.25, -0.2) is 0 Å². The van der Waals surface area contributed by atoms with Gasteiger partial charge in [0.05, 0.1) is 11.0 Å². The lowest BCUT2D eigenvalue weighted by atomic mass is 9.81. The second-order valence-corrected chi connectivity index (χ2v) is 17.2. The van der Waals surface area contributed by atoms with Crippen LogP contribution in [0, 0.1) is 0 Å². The molecular weight excluding hydrogens is 751 g/mol. The molecule has 0 spiro atoms. The van der Waals surface area contributed by atoms with Gasteiger partial charge in [0.15, 0.2) is 0 Å². The van der Waals surface area contributed by atoms with Gasteiger partial charge < -0.3 is 15.6 Å². The second kappa shape index (κ2) is 15.2. The Morgan fingerprint density at radius 2 is 1.21 bits per heavy atom. The first-order chi connectivity index (χ1) is 30.4. The van der Waals surface area contributed by atoms with E-state index in [-0.39, 0.29) is 11.6 Å². The van der Waals surface area contributed by atoms with Crippen molar-refractivity contribution in [2.45, 2.75) is 31.8 Å². The monoisotopic (exact) mass is 797 g/mol. The summed E-state index contributed by atoms with van der Waals surface area (Å²) in [7, 11) is 0. The first-order valence-corrected chi connectivity index (χ1v) is 21.6. The molecule has 3 N–H and O–H groups in total. The normalized spacial score (nSPS) is 13.6. The average Bonchev–Trinajstić information content (AvgIpc) is 3.77. The van der Waals surface area contributed by atoms with E-state index in [1.807, 2.05) is 18.2 Å². The maximum absolute atomic E-state index is 6.86. The van der Waals surface area contributed by atoms with Crippen LogP contribution in [0.2, 0.25) is 0 Å². The Morgan fingerprint density at radius 3 is 2.02 bits per heavy atom. The Kier molecular flexibility index (Phi) is 9.21. The summed E-state index contributed by atoms with van der Waals surface area (Å²) in [6, 6.07) is 74.7. The molecule has 0 amide bonds.